The number of ether oxygens (including phenoxy) is 1. The first kappa shape index (κ1) is 11.1. The normalized spacial score (nSPS) is 9.94. The van der Waals surface area contributed by atoms with E-state index in [0.29, 0.717) is 5.75 Å². The number of anilines is 1. The maximum atomic E-state index is 11.7. The fraction of sp³-hybridized carbons (Fsp3) is 0.0833. The van der Waals surface area contributed by atoms with Crippen LogP contribution in [0.5, 0.6) is 5.75 Å². The lowest BCUT2D eigenvalue weighted by molar-refractivity contribution is 0.0727. The van der Waals surface area contributed by atoms with E-state index in [1.54, 1.807) is 12.1 Å². The van der Waals surface area contributed by atoms with Gasteiger partial charge in [0.15, 0.2) is 5.69 Å². The number of hydrogen-bond acceptors (Lipinski definition) is 5. The first-order valence-corrected chi connectivity index (χ1v) is 5.02. The molecule has 2 rings (SSSR count). The SMILES string of the molecule is Cc1ccccc1OC(=O)c1cnc(N)cn1. The van der Waals surface area contributed by atoms with Crippen molar-refractivity contribution >= 4 is 11.8 Å². The molecule has 0 saturated carbocycles. The number of nitrogens with zero attached hydrogens (tertiary/aromatic N) is 2. The molecular formula is C12H11N3O2. The number of esters is 1. The van der Waals surface area contributed by atoms with Gasteiger partial charge in [0, 0.05) is 0 Å². The van der Waals surface area contributed by atoms with Crippen molar-refractivity contribution in [3.8, 4) is 5.75 Å². The molecule has 0 amide bonds. The van der Waals surface area contributed by atoms with Crippen LogP contribution in [0.15, 0.2) is 36.7 Å². The smallest absolute Gasteiger partial charge is 0.363 e. The van der Waals surface area contributed by atoms with Crippen LogP contribution in [0.1, 0.15) is 16.1 Å². The lowest BCUT2D eigenvalue weighted by atomic mass is 10.2. The summed E-state index contributed by atoms with van der Waals surface area (Å²) in [5.74, 6) is 0.223. The zero-order chi connectivity index (χ0) is 12.3. The monoisotopic (exact) mass is 229 g/mol. The van der Waals surface area contributed by atoms with Crippen LogP contribution in [0, 0.1) is 6.92 Å². The number of aromatic nitrogens is 2. The van der Waals surface area contributed by atoms with Gasteiger partial charge in [-0.15, -0.1) is 0 Å². The average Bonchev–Trinajstić information content (AvgIpc) is 2.33. The van der Waals surface area contributed by atoms with Gasteiger partial charge in [0.2, 0.25) is 0 Å². The molecule has 2 aromatic rings. The first-order valence-electron chi connectivity index (χ1n) is 5.02. The molecule has 0 aliphatic carbocycles. The third-order valence-electron chi connectivity index (χ3n) is 2.18. The van der Waals surface area contributed by atoms with Crippen molar-refractivity contribution in [3.63, 3.8) is 0 Å². The highest BCUT2D eigenvalue weighted by Gasteiger charge is 2.11. The summed E-state index contributed by atoms with van der Waals surface area (Å²) in [4.78, 5) is 19.3. The number of aryl methyl sites for hydroxylation is 1. The minimum absolute atomic E-state index is 0.127. The molecular weight excluding hydrogens is 218 g/mol. The van der Waals surface area contributed by atoms with Crippen molar-refractivity contribution < 1.29 is 9.53 Å². The van der Waals surface area contributed by atoms with E-state index in [-0.39, 0.29) is 11.5 Å². The molecule has 0 aliphatic rings. The molecule has 86 valence electrons. The molecule has 1 aromatic heterocycles. The van der Waals surface area contributed by atoms with Gasteiger partial charge < -0.3 is 10.5 Å². The molecule has 0 bridgehead atoms. The quantitative estimate of drug-likeness (QED) is 0.625. The highest BCUT2D eigenvalue weighted by molar-refractivity contribution is 5.88. The van der Waals surface area contributed by atoms with E-state index < -0.39 is 5.97 Å². The maximum Gasteiger partial charge on any atom is 0.363 e. The number of carbonyl (C=O) groups is 1. The largest absolute Gasteiger partial charge is 0.421 e. The van der Waals surface area contributed by atoms with Gasteiger partial charge >= 0.3 is 5.97 Å². The van der Waals surface area contributed by atoms with E-state index in [1.165, 1.54) is 12.4 Å². The summed E-state index contributed by atoms with van der Waals surface area (Å²) in [6.07, 6.45) is 2.60. The van der Waals surface area contributed by atoms with Gasteiger partial charge in [0.1, 0.15) is 11.6 Å². The highest BCUT2D eigenvalue weighted by atomic mass is 16.5. The van der Waals surface area contributed by atoms with Crippen LogP contribution < -0.4 is 10.5 Å². The third-order valence-corrected chi connectivity index (χ3v) is 2.18. The second-order valence-corrected chi connectivity index (χ2v) is 3.48. The van der Waals surface area contributed by atoms with Crippen LogP contribution >= 0.6 is 0 Å². The fourth-order valence-electron chi connectivity index (χ4n) is 1.27. The summed E-state index contributed by atoms with van der Waals surface area (Å²) in [6.45, 7) is 1.86. The summed E-state index contributed by atoms with van der Waals surface area (Å²) in [6, 6.07) is 7.25. The Kier molecular flexibility index (Phi) is 3.00. The summed E-state index contributed by atoms with van der Waals surface area (Å²) in [5.41, 5.74) is 6.38. The topological polar surface area (TPSA) is 78.1 Å². The number of rotatable bonds is 2. The Morgan fingerprint density at radius 2 is 2.00 bits per heavy atom. The van der Waals surface area contributed by atoms with E-state index in [9.17, 15) is 4.79 Å². The molecule has 0 fully saturated rings. The molecule has 5 heteroatoms. The van der Waals surface area contributed by atoms with Crippen LogP contribution in [0.3, 0.4) is 0 Å². The number of para-hydroxylation sites is 1. The molecule has 0 atom stereocenters. The minimum Gasteiger partial charge on any atom is -0.421 e. The Bertz CT molecular complexity index is 538. The van der Waals surface area contributed by atoms with E-state index >= 15 is 0 Å². The van der Waals surface area contributed by atoms with Crippen molar-refractivity contribution in [1.29, 1.82) is 0 Å². The predicted molar refractivity (Wildman–Crippen MR) is 62.6 cm³/mol. The lowest BCUT2D eigenvalue weighted by Gasteiger charge is -2.05. The Balaban J connectivity index is 2.17. The second kappa shape index (κ2) is 4.61. The molecule has 0 unspecified atom stereocenters. The van der Waals surface area contributed by atoms with Gasteiger partial charge in [0.05, 0.1) is 12.4 Å². The predicted octanol–water partition coefficient (Wildman–Crippen LogP) is 1.59. The molecule has 0 saturated heterocycles. The standard InChI is InChI=1S/C12H11N3O2/c1-8-4-2-3-5-10(8)17-12(16)9-6-15-11(13)7-14-9/h2-7H,1H3,(H2,13,15). The zero-order valence-electron chi connectivity index (χ0n) is 9.25. The van der Waals surface area contributed by atoms with Crippen LogP contribution in [0.25, 0.3) is 0 Å². The molecule has 17 heavy (non-hydrogen) atoms. The number of hydrogen-bond donors (Lipinski definition) is 1. The van der Waals surface area contributed by atoms with Crippen molar-refractivity contribution in [1.82, 2.24) is 9.97 Å². The number of benzene rings is 1. The molecule has 1 heterocycles. The van der Waals surface area contributed by atoms with Crippen molar-refractivity contribution in [3.05, 3.63) is 47.9 Å². The summed E-state index contributed by atoms with van der Waals surface area (Å²) in [5, 5.41) is 0. The van der Waals surface area contributed by atoms with Gasteiger partial charge in [-0.1, -0.05) is 18.2 Å². The van der Waals surface area contributed by atoms with E-state index in [2.05, 4.69) is 9.97 Å². The van der Waals surface area contributed by atoms with Gasteiger partial charge in [-0.2, -0.15) is 0 Å². The van der Waals surface area contributed by atoms with Crippen LogP contribution in [-0.4, -0.2) is 15.9 Å². The highest BCUT2D eigenvalue weighted by Crippen LogP contribution is 2.17. The number of nitrogens with two attached hydrogens (primary N) is 1. The average molecular weight is 229 g/mol. The molecule has 0 aliphatic heterocycles. The maximum absolute atomic E-state index is 11.7. The lowest BCUT2D eigenvalue weighted by Crippen LogP contribution is -2.12. The van der Waals surface area contributed by atoms with Crippen molar-refractivity contribution in [2.75, 3.05) is 5.73 Å². The third kappa shape index (κ3) is 2.57. The van der Waals surface area contributed by atoms with E-state index in [4.69, 9.17) is 10.5 Å². The Labute approximate surface area is 98.3 Å². The molecule has 0 radical (unpaired) electrons. The van der Waals surface area contributed by atoms with Gasteiger partial charge in [-0.25, -0.2) is 14.8 Å². The number of nitrogen functional groups attached to an aromatic ring is 1. The van der Waals surface area contributed by atoms with Crippen LogP contribution in [-0.2, 0) is 0 Å². The van der Waals surface area contributed by atoms with Crippen molar-refractivity contribution in [2.45, 2.75) is 6.92 Å². The molecule has 0 spiro atoms. The summed E-state index contributed by atoms with van der Waals surface area (Å²) < 4.78 is 5.19. The molecule has 1 aromatic carbocycles. The Hall–Kier alpha value is -2.43. The van der Waals surface area contributed by atoms with Crippen LogP contribution in [0.2, 0.25) is 0 Å². The van der Waals surface area contributed by atoms with E-state index in [1.807, 2.05) is 19.1 Å². The zero-order valence-corrected chi connectivity index (χ0v) is 9.25. The second-order valence-electron chi connectivity index (χ2n) is 3.48. The van der Waals surface area contributed by atoms with E-state index in [0.717, 1.165) is 5.56 Å². The fourth-order valence-corrected chi connectivity index (χ4v) is 1.27. The summed E-state index contributed by atoms with van der Waals surface area (Å²) >= 11 is 0. The Morgan fingerprint density at radius 1 is 1.24 bits per heavy atom. The van der Waals surface area contributed by atoms with Crippen LogP contribution in [0.4, 0.5) is 5.82 Å². The molecule has 5 nitrogen and oxygen atoms in total. The Morgan fingerprint density at radius 3 is 2.65 bits per heavy atom. The molecule has 2 N–H and O–H groups in total. The van der Waals surface area contributed by atoms with Gasteiger partial charge in [-0.05, 0) is 18.6 Å². The number of carbonyl (C=O) groups excluding carboxylic acids is 1. The first-order chi connectivity index (χ1) is 8.16. The minimum atomic E-state index is -0.549. The van der Waals surface area contributed by atoms with Gasteiger partial charge in [-0.3, -0.25) is 0 Å². The van der Waals surface area contributed by atoms with Crippen molar-refractivity contribution in [2.24, 2.45) is 0 Å². The van der Waals surface area contributed by atoms with Gasteiger partial charge in [0.25, 0.3) is 0 Å². The summed E-state index contributed by atoms with van der Waals surface area (Å²) in [7, 11) is 0.